The first-order valence-corrected chi connectivity index (χ1v) is 6.37. The second-order valence-corrected chi connectivity index (χ2v) is 5.23. The minimum absolute atomic E-state index is 0.136. The molecule has 5 heteroatoms. The number of nitrogens with zero attached hydrogens (tertiary/aromatic N) is 1. The van der Waals surface area contributed by atoms with E-state index in [0.29, 0.717) is 4.91 Å². The van der Waals surface area contributed by atoms with Crippen LogP contribution in [0.2, 0.25) is 0 Å². The number of benzene rings is 1. The van der Waals surface area contributed by atoms with Crippen LogP contribution < -0.4 is 0 Å². The summed E-state index contributed by atoms with van der Waals surface area (Å²) in [6.45, 7) is 3.61. The van der Waals surface area contributed by atoms with Crippen molar-refractivity contribution in [2.45, 2.75) is 19.9 Å². The molecule has 1 N–H and O–H groups in total. The number of carbonyl (C=O) groups is 2. The van der Waals surface area contributed by atoms with Gasteiger partial charge >= 0.3 is 0 Å². The number of rotatable bonds is 2. The summed E-state index contributed by atoms with van der Waals surface area (Å²) in [5.74, 6) is -0.0875. The zero-order valence-corrected chi connectivity index (χ0v) is 10.9. The van der Waals surface area contributed by atoms with Gasteiger partial charge in [0.2, 0.25) is 0 Å². The summed E-state index contributed by atoms with van der Waals surface area (Å²) in [5, 5.41) is 8.94. The van der Waals surface area contributed by atoms with Crippen LogP contribution in [0.5, 0.6) is 5.75 Å². The number of hydrogen-bond acceptors (Lipinski definition) is 4. The van der Waals surface area contributed by atoms with Gasteiger partial charge in [0.25, 0.3) is 11.1 Å². The number of amides is 2. The maximum Gasteiger partial charge on any atom is 0.293 e. The summed E-state index contributed by atoms with van der Waals surface area (Å²) in [7, 11) is 0. The van der Waals surface area contributed by atoms with Crippen LogP contribution in [-0.4, -0.2) is 27.2 Å². The quantitative estimate of drug-likeness (QED) is 0.834. The number of carbonyl (C=O) groups excluding carboxylic acids is 2. The highest BCUT2D eigenvalue weighted by Gasteiger charge is 2.36. The third-order valence-corrected chi connectivity index (χ3v) is 3.41. The molecule has 1 aliphatic heterocycles. The highest BCUT2D eigenvalue weighted by Crippen LogP contribution is 2.33. The van der Waals surface area contributed by atoms with Gasteiger partial charge in [0.15, 0.2) is 0 Å². The van der Waals surface area contributed by atoms with Gasteiger partial charge in [0, 0.05) is 6.04 Å². The van der Waals surface area contributed by atoms with Gasteiger partial charge in [-0.15, -0.1) is 0 Å². The largest absolute Gasteiger partial charge is 0.508 e. The lowest BCUT2D eigenvalue weighted by Gasteiger charge is -2.16. The minimum Gasteiger partial charge on any atom is -0.508 e. The van der Waals surface area contributed by atoms with Gasteiger partial charge in [-0.2, -0.15) is 0 Å². The molecular weight excluding hydrogens is 250 g/mol. The molecule has 1 fully saturated rings. The first kappa shape index (κ1) is 12.7. The van der Waals surface area contributed by atoms with Crippen LogP contribution >= 0.6 is 11.8 Å². The van der Waals surface area contributed by atoms with Crippen LogP contribution in [0.1, 0.15) is 19.4 Å². The topological polar surface area (TPSA) is 57.6 Å². The molecule has 0 aromatic heterocycles. The Bertz CT molecular complexity index is 520. The third kappa shape index (κ3) is 2.41. The van der Waals surface area contributed by atoms with E-state index in [1.807, 2.05) is 0 Å². The Morgan fingerprint density at radius 3 is 2.33 bits per heavy atom. The summed E-state index contributed by atoms with van der Waals surface area (Å²) in [4.78, 5) is 25.3. The molecule has 94 valence electrons. The Balaban J connectivity index is 2.28. The van der Waals surface area contributed by atoms with Gasteiger partial charge in [-0.1, -0.05) is 12.1 Å². The Morgan fingerprint density at radius 1 is 1.22 bits per heavy atom. The normalized spacial score (nSPS) is 18.2. The van der Waals surface area contributed by atoms with E-state index in [1.54, 1.807) is 44.2 Å². The van der Waals surface area contributed by atoms with Crippen molar-refractivity contribution in [1.29, 1.82) is 0 Å². The maximum atomic E-state index is 12.0. The predicted octanol–water partition coefficient (Wildman–Crippen LogP) is 2.84. The van der Waals surface area contributed by atoms with E-state index in [1.165, 1.54) is 4.90 Å². The van der Waals surface area contributed by atoms with Crippen molar-refractivity contribution in [1.82, 2.24) is 4.90 Å². The van der Waals surface area contributed by atoms with Crippen molar-refractivity contribution in [3.05, 3.63) is 34.7 Å². The molecule has 0 spiro atoms. The standard InChI is InChI=1S/C13H13NO3S/c1-8(2)14-12(16)11(18-13(14)17)7-9-3-5-10(15)6-4-9/h3-8,15H,1-2H3/b11-7+. The van der Waals surface area contributed by atoms with E-state index < -0.39 is 0 Å². The highest BCUT2D eigenvalue weighted by atomic mass is 32.2. The number of phenolic OH excluding ortho intramolecular Hbond substituents is 1. The van der Waals surface area contributed by atoms with Crippen molar-refractivity contribution in [3.8, 4) is 5.75 Å². The molecule has 2 amide bonds. The Hall–Kier alpha value is -1.75. The van der Waals surface area contributed by atoms with Gasteiger partial charge in [-0.25, -0.2) is 0 Å². The molecule has 0 unspecified atom stereocenters. The van der Waals surface area contributed by atoms with E-state index in [-0.39, 0.29) is 22.9 Å². The lowest BCUT2D eigenvalue weighted by Crippen LogP contribution is -2.34. The molecule has 4 nitrogen and oxygen atoms in total. The lowest BCUT2D eigenvalue weighted by atomic mass is 10.2. The van der Waals surface area contributed by atoms with Crippen molar-refractivity contribution in [3.63, 3.8) is 0 Å². The average Bonchev–Trinajstić information content (AvgIpc) is 2.57. The second-order valence-electron chi connectivity index (χ2n) is 4.24. The van der Waals surface area contributed by atoms with Crippen LogP contribution in [-0.2, 0) is 4.79 Å². The fourth-order valence-electron chi connectivity index (χ4n) is 1.65. The monoisotopic (exact) mass is 263 g/mol. The summed E-state index contributed by atoms with van der Waals surface area (Å²) in [6.07, 6.45) is 1.66. The second kappa shape index (κ2) is 4.86. The molecular formula is C13H13NO3S. The number of imide groups is 1. The molecule has 1 saturated heterocycles. The van der Waals surface area contributed by atoms with Crippen LogP contribution in [0, 0.1) is 0 Å². The fraction of sp³-hybridized carbons (Fsp3) is 0.231. The average molecular weight is 263 g/mol. The first-order valence-electron chi connectivity index (χ1n) is 5.55. The SMILES string of the molecule is CC(C)N1C(=O)S/C(=C/c2ccc(O)cc2)C1=O. The number of phenols is 1. The van der Waals surface area contributed by atoms with E-state index in [4.69, 9.17) is 0 Å². The van der Waals surface area contributed by atoms with Gasteiger partial charge in [0.05, 0.1) is 4.91 Å². The summed E-state index contributed by atoms with van der Waals surface area (Å²) in [6, 6.07) is 6.33. The van der Waals surface area contributed by atoms with Gasteiger partial charge in [-0.05, 0) is 49.4 Å². The molecule has 18 heavy (non-hydrogen) atoms. The van der Waals surface area contributed by atoms with Crippen molar-refractivity contribution in [2.24, 2.45) is 0 Å². The molecule has 1 aromatic carbocycles. The number of thioether (sulfide) groups is 1. The Morgan fingerprint density at radius 2 is 1.83 bits per heavy atom. The molecule has 0 aliphatic carbocycles. The van der Waals surface area contributed by atoms with Crippen molar-refractivity contribution < 1.29 is 14.7 Å². The Kier molecular flexibility index (Phi) is 3.43. The van der Waals surface area contributed by atoms with E-state index in [9.17, 15) is 14.7 Å². The lowest BCUT2D eigenvalue weighted by molar-refractivity contribution is -0.123. The van der Waals surface area contributed by atoms with Gasteiger partial charge in [-0.3, -0.25) is 14.5 Å². The molecule has 1 aliphatic rings. The van der Waals surface area contributed by atoms with Crippen LogP contribution in [0.3, 0.4) is 0 Å². The molecule has 2 rings (SSSR count). The van der Waals surface area contributed by atoms with Crippen LogP contribution in [0.15, 0.2) is 29.2 Å². The minimum atomic E-state index is -0.256. The number of hydrogen-bond donors (Lipinski definition) is 1. The molecule has 0 saturated carbocycles. The first-order chi connectivity index (χ1) is 8.49. The summed E-state index contributed by atoms with van der Waals surface area (Å²) >= 11 is 0.945. The van der Waals surface area contributed by atoms with Crippen molar-refractivity contribution >= 4 is 29.0 Å². The van der Waals surface area contributed by atoms with Crippen molar-refractivity contribution in [2.75, 3.05) is 0 Å². The third-order valence-electron chi connectivity index (χ3n) is 2.53. The fourth-order valence-corrected chi connectivity index (χ4v) is 2.61. The molecule has 0 bridgehead atoms. The predicted molar refractivity (Wildman–Crippen MR) is 71.1 cm³/mol. The van der Waals surface area contributed by atoms with Gasteiger partial charge in [0.1, 0.15) is 5.75 Å². The molecule has 1 heterocycles. The van der Waals surface area contributed by atoms with Crippen LogP contribution in [0.4, 0.5) is 4.79 Å². The zero-order chi connectivity index (χ0) is 13.3. The summed E-state index contributed by atoms with van der Waals surface area (Å²) in [5.41, 5.74) is 0.780. The smallest absolute Gasteiger partial charge is 0.293 e. The summed E-state index contributed by atoms with van der Waals surface area (Å²) < 4.78 is 0. The zero-order valence-electron chi connectivity index (χ0n) is 10.1. The van der Waals surface area contributed by atoms with E-state index in [2.05, 4.69) is 0 Å². The highest BCUT2D eigenvalue weighted by molar-refractivity contribution is 8.18. The molecule has 0 radical (unpaired) electrons. The van der Waals surface area contributed by atoms with E-state index in [0.717, 1.165) is 17.3 Å². The molecule has 0 atom stereocenters. The maximum absolute atomic E-state index is 12.0. The Labute approximate surface area is 109 Å². The molecule has 1 aromatic rings. The number of aromatic hydroxyl groups is 1. The van der Waals surface area contributed by atoms with E-state index >= 15 is 0 Å². The van der Waals surface area contributed by atoms with Crippen LogP contribution in [0.25, 0.3) is 6.08 Å². The van der Waals surface area contributed by atoms with Gasteiger partial charge < -0.3 is 5.11 Å².